The molecule has 0 saturated heterocycles. The quantitative estimate of drug-likeness (QED) is 0.235. The lowest BCUT2D eigenvalue weighted by Gasteiger charge is -2.13. The molecule has 0 aliphatic rings. The average Bonchev–Trinajstić information content (AvgIpc) is 2.85. The number of carbonyl (C=O) groups is 1. The molecule has 34 heavy (non-hydrogen) atoms. The maximum atomic E-state index is 12.7. The molecule has 1 aromatic heterocycles. The van der Waals surface area contributed by atoms with Gasteiger partial charge in [-0.1, -0.05) is 54.6 Å². The molecule has 0 N–H and O–H groups in total. The summed E-state index contributed by atoms with van der Waals surface area (Å²) in [5, 5.41) is 0.843. The molecule has 3 aromatic carbocycles. The van der Waals surface area contributed by atoms with E-state index in [1.54, 1.807) is 6.92 Å². The Morgan fingerprint density at radius 2 is 1.59 bits per heavy atom. The largest absolute Gasteiger partial charge is 0.488 e. The third-order valence-corrected chi connectivity index (χ3v) is 5.99. The van der Waals surface area contributed by atoms with E-state index in [1.165, 1.54) is 5.56 Å². The summed E-state index contributed by atoms with van der Waals surface area (Å²) >= 11 is 0. The molecule has 0 radical (unpaired) electrons. The monoisotopic (exact) mass is 456 g/mol. The number of aryl methyl sites for hydroxylation is 2. The van der Waals surface area contributed by atoms with Gasteiger partial charge in [0.1, 0.15) is 17.9 Å². The number of fused-ring (bicyclic) bond motifs is 1. The summed E-state index contributed by atoms with van der Waals surface area (Å²) in [7, 11) is 0. The van der Waals surface area contributed by atoms with Crippen molar-refractivity contribution in [2.24, 2.45) is 0 Å². The van der Waals surface area contributed by atoms with Gasteiger partial charge in [0.05, 0.1) is 6.61 Å². The molecule has 0 atom stereocenters. The molecule has 5 nitrogen and oxygen atoms in total. The fourth-order valence-electron chi connectivity index (χ4n) is 4.06. The van der Waals surface area contributed by atoms with E-state index in [1.807, 2.05) is 44.2 Å². The minimum absolute atomic E-state index is 0.147. The van der Waals surface area contributed by atoms with Crippen LogP contribution in [-0.4, -0.2) is 12.6 Å². The fourth-order valence-corrected chi connectivity index (χ4v) is 4.06. The van der Waals surface area contributed by atoms with Gasteiger partial charge >= 0.3 is 11.6 Å². The minimum atomic E-state index is -0.425. The zero-order chi connectivity index (χ0) is 24.1. The Labute approximate surface area is 199 Å². The summed E-state index contributed by atoms with van der Waals surface area (Å²) < 4.78 is 16.7. The van der Waals surface area contributed by atoms with Gasteiger partial charge in [0.2, 0.25) is 0 Å². The second kappa shape index (κ2) is 10.4. The molecule has 4 aromatic rings. The summed E-state index contributed by atoms with van der Waals surface area (Å²) in [6, 6.07) is 22.3. The van der Waals surface area contributed by atoms with Gasteiger partial charge in [-0.2, -0.15) is 0 Å². The van der Waals surface area contributed by atoms with Gasteiger partial charge in [0.15, 0.2) is 0 Å². The Morgan fingerprint density at radius 1 is 0.882 bits per heavy atom. The Hall–Kier alpha value is -3.86. The first kappa shape index (κ1) is 23.3. The highest BCUT2D eigenvalue weighted by Crippen LogP contribution is 2.30. The Morgan fingerprint density at radius 3 is 2.29 bits per heavy atom. The third-order valence-electron chi connectivity index (χ3n) is 5.99. The summed E-state index contributed by atoms with van der Waals surface area (Å²) in [6.07, 6.45) is 0.438. The number of benzene rings is 3. The van der Waals surface area contributed by atoms with Crippen LogP contribution in [0.4, 0.5) is 0 Å². The van der Waals surface area contributed by atoms with Crippen molar-refractivity contribution in [3.05, 3.63) is 99.4 Å². The Kier molecular flexibility index (Phi) is 7.12. The maximum Gasteiger partial charge on any atom is 0.339 e. The van der Waals surface area contributed by atoms with Crippen LogP contribution in [0.25, 0.3) is 22.1 Å². The maximum absolute atomic E-state index is 12.7. The summed E-state index contributed by atoms with van der Waals surface area (Å²) in [4.78, 5) is 24.4. The molecule has 0 fully saturated rings. The number of esters is 1. The Bertz CT molecular complexity index is 1350. The molecule has 0 amide bonds. The predicted octanol–water partition coefficient (Wildman–Crippen LogP) is 6.15. The van der Waals surface area contributed by atoms with Crippen molar-refractivity contribution < 1.29 is 18.7 Å². The second-order valence-electron chi connectivity index (χ2n) is 8.22. The van der Waals surface area contributed by atoms with Gasteiger partial charge in [-0.3, -0.25) is 4.79 Å². The van der Waals surface area contributed by atoms with Crippen molar-refractivity contribution in [3.8, 4) is 16.9 Å². The third kappa shape index (κ3) is 5.04. The van der Waals surface area contributed by atoms with Crippen LogP contribution in [0.1, 0.15) is 35.6 Å². The van der Waals surface area contributed by atoms with E-state index in [-0.39, 0.29) is 12.4 Å². The molecule has 0 unspecified atom stereocenters. The number of rotatable bonds is 8. The second-order valence-corrected chi connectivity index (χ2v) is 8.22. The van der Waals surface area contributed by atoms with Crippen LogP contribution in [-0.2, 0) is 22.6 Å². The van der Waals surface area contributed by atoms with Crippen LogP contribution in [0.5, 0.6) is 5.75 Å². The topological polar surface area (TPSA) is 65.7 Å². The lowest BCUT2D eigenvalue weighted by atomic mass is 10.0. The highest BCUT2D eigenvalue weighted by atomic mass is 16.5. The lowest BCUT2D eigenvalue weighted by Crippen LogP contribution is -2.14. The van der Waals surface area contributed by atoms with Crippen molar-refractivity contribution in [2.75, 3.05) is 6.61 Å². The molecular weight excluding hydrogens is 428 g/mol. The molecular formula is C29H28O5. The zero-order valence-corrected chi connectivity index (χ0v) is 19.7. The molecule has 5 heteroatoms. The number of ether oxygens (including phenoxy) is 2. The van der Waals surface area contributed by atoms with E-state index in [4.69, 9.17) is 13.9 Å². The highest BCUT2D eigenvalue weighted by molar-refractivity contribution is 5.85. The molecule has 0 saturated carbocycles. The van der Waals surface area contributed by atoms with E-state index in [9.17, 15) is 9.59 Å². The molecule has 0 bridgehead atoms. The van der Waals surface area contributed by atoms with Gasteiger partial charge < -0.3 is 13.9 Å². The van der Waals surface area contributed by atoms with E-state index in [2.05, 4.69) is 36.4 Å². The first-order valence-electron chi connectivity index (χ1n) is 11.5. The van der Waals surface area contributed by atoms with Crippen molar-refractivity contribution in [1.82, 2.24) is 0 Å². The summed E-state index contributed by atoms with van der Waals surface area (Å²) in [5.41, 5.74) is 5.57. The van der Waals surface area contributed by atoms with E-state index < -0.39 is 5.63 Å². The standard InChI is InChI=1S/C29H28O5/c1-4-32-27(30)17-15-25-19(2)24-14-16-26(20(3)28(24)34-29(25)31)33-18-21-10-12-23(13-11-21)22-8-6-5-7-9-22/h5-14,16H,4,15,17-18H2,1-3H3. The summed E-state index contributed by atoms with van der Waals surface area (Å²) in [5.74, 6) is 0.347. The number of carbonyl (C=O) groups excluding carboxylic acids is 1. The van der Waals surface area contributed by atoms with Crippen molar-refractivity contribution in [3.63, 3.8) is 0 Å². The number of hydrogen-bond acceptors (Lipinski definition) is 5. The molecule has 4 rings (SSSR count). The van der Waals surface area contributed by atoms with Crippen LogP contribution < -0.4 is 10.4 Å². The van der Waals surface area contributed by atoms with Crippen LogP contribution in [0.3, 0.4) is 0 Å². The molecule has 0 spiro atoms. The average molecular weight is 457 g/mol. The van der Waals surface area contributed by atoms with Gasteiger partial charge in [0.25, 0.3) is 0 Å². The molecule has 174 valence electrons. The number of hydrogen-bond donors (Lipinski definition) is 0. The van der Waals surface area contributed by atoms with E-state index in [0.717, 1.165) is 27.6 Å². The SMILES string of the molecule is CCOC(=O)CCc1c(C)c2ccc(OCc3ccc(-c4ccccc4)cc3)c(C)c2oc1=O. The van der Waals surface area contributed by atoms with E-state index >= 15 is 0 Å². The van der Waals surface area contributed by atoms with Gasteiger partial charge in [0, 0.05) is 22.9 Å². The van der Waals surface area contributed by atoms with E-state index in [0.29, 0.717) is 36.5 Å². The smallest absolute Gasteiger partial charge is 0.339 e. The normalized spacial score (nSPS) is 10.9. The molecule has 0 aliphatic carbocycles. The van der Waals surface area contributed by atoms with Gasteiger partial charge in [-0.15, -0.1) is 0 Å². The Balaban J connectivity index is 1.51. The zero-order valence-electron chi connectivity index (χ0n) is 19.7. The first-order valence-corrected chi connectivity index (χ1v) is 11.5. The van der Waals surface area contributed by atoms with Gasteiger partial charge in [-0.05, 0) is 61.6 Å². The predicted molar refractivity (Wildman–Crippen MR) is 133 cm³/mol. The minimum Gasteiger partial charge on any atom is -0.488 e. The molecule has 0 aliphatic heterocycles. The summed E-state index contributed by atoms with van der Waals surface area (Å²) in [6.45, 7) is 6.26. The van der Waals surface area contributed by atoms with Crippen LogP contribution >= 0.6 is 0 Å². The van der Waals surface area contributed by atoms with Crippen molar-refractivity contribution >= 4 is 16.9 Å². The van der Waals surface area contributed by atoms with Crippen LogP contribution in [0.2, 0.25) is 0 Å². The first-order chi connectivity index (χ1) is 16.5. The van der Waals surface area contributed by atoms with Crippen LogP contribution in [0.15, 0.2) is 75.9 Å². The fraction of sp³-hybridized carbons (Fsp3) is 0.241. The van der Waals surface area contributed by atoms with Gasteiger partial charge in [-0.25, -0.2) is 4.79 Å². The molecule has 1 heterocycles. The highest BCUT2D eigenvalue weighted by Gasteiger charge is 2.16. The van der Waals surface area contributed by atoms with Crippen LogP contribution in [0, 0.1) is 13.8 Å². The van der Waals surface area contributed by atoms with Crippen molar-refractivity contribution in [2.45, 2.75) is 40.2 Å². The lowest BCUT2D eigenvalue weighted by molar-refractivity contribution is -0.143. The van der Waals surface area contributed by atoms with Crippen molar-refractivity contribution in [1.29, 1.82) is 0 Å².